The van der Waals surface area contributed by atoms with Crippen LogP contribution in [-0.2, 0) is 24.5 Å². The molecule has 2 aromatic rings. The Morgan fingerprint density at radius 2 is 1.48 bits per heavy atom. The Morgan fingerprint density at radius 1 is 0.897 bits per heavy atom. The predicted octanol–water partition coefficient (Wildman–Crippen LogP) is 2.45. The molecule has 6 nitrogen and oxygen atoms in total. The lowest BCUT2D eigenvalue weighted by molar-refractivity contribution is -0.131. The smallest absolute Gasteiger partial charge is 0.223 e. The lowest BCUT2D eigenvalue weighted by atomic mass is 10.1. The van der Waals surface area contributed by atoms with Crippen LogP contribution in [0, 0.1) is 5.82 Å². The molecule has 2 aromatic carbocycles. The third-order valence-corrected chi connectivity index (χ3v) is 9.07. The zero-order chi connectivity index (χ0) is 21.1. The van der Waals surface area contributed by atoms with Crippen LogP contribution in [0.2, 0.25) is 0 Å². The van der Waals surface area contributed by atoms with E-state index in [-0.39, 0.29) is 53.8 Å². The number of nitrogens with zero attached hydrogens (tertiary/aromatic N) is 1. The molecule has 29 heavy (non-hydrogen) atoms. The molecule has 1 amide bonds. The van der Waals surface area contributed by atoms with Gasteiger partial charge in [0.25, 0.3) is 0 Å². The van der Waals surface area contributed by atoms with Gasteiger partial charge in [0.1, 0.15) is 5.82 Å². The first-order chi connectivity index (χ1) is 13.7. The summed E-state index contributed by atoms with van der Waals surface area (Å²) in [5.74, 6) is -1.10. The van der Waals surface area contributed by atoms with Crippen molar-refractivity contribution >= 4 is 25.6 Å². The highest BCUT2D eigenvalue weighted by Gasteiger charge is 2.33. The summed E-state index contributed by atoms with van der Waals surface area (Å²) in [6.45, 7) is 0.491. The number of carbonyl (C=O) groups is 1. The average Bonchev–Trinajstić information content (AvgIpc) is 2.73. The number of amides is 1. The van der Waals surface area contributed by atoms with Crippen molar-refractivity contribution in [3.05, 3.63) is 60.4 Å². The lowest BCUT2D eigenvalue weighted by Gasteiger charge is -2.31. The van der Waals surface area contributed by atoms with Gasteiger partial charge >= 0.3 is 0 Å². The summed E-state index contributed by atoms with van der Waals surface area (Å²) < 4.78 is 63.0. The maximum absolute atomic E-state index is 13.0. The molecule has 1 aliphatic heterocycles. The molecular formula is C20H22FNO5S2. The highest BCUT2D eigenvalue weighted by atomic mass is 32.2. The van der Waals surface area contributed by atoms with Crippen LogP contribution in [-0.4, -0.2) is 51.7 Å². The summed E-state index contributed by atoms with van der Waals surface area (Å²) in [5.41, 5.74) is 0. The van der Waals surface area contributed by atoms with E-state index in [1.807, 2.05) is 0 Å². The first-order valence-corrected chi connectivity index (χ1v) is 12.4. The van der Waals surface area contributed by atoms with Gasteiger partial charge in [-0.05, 0) is 49.2 Å². The zero-order valence-electron chi connectivity index (χ0n) is 15.7. The number of hydrogen-bond acceptors (Lipinski definition) is 5. The minimum Gasteiger partial charge on any atom is -0.343 e. The minimum atomic E-state index is -3.60. The molecule has 1 saturated heterocycles. The first kappa shape index (κ1) is 21.4. The van der Waals surface area contributed by atoms with E-state index >= 15 is 0 Å². The monoisotopic (exact) mass is 439 g/mol. The number of sulfone groups is 2. The molecule has 0 spiro atoms. The van der Waals surface area contributed by atoms with Crippen molar-refractivity contribution in [2.75, 3.05) is 18.8 Å². The SMILES string of the molecule is O=C(CCS(=O)(=O)c1ccccc1)N1CCC(S(=O)(=O)c2ccc(F)cc2)CC1. The van der Waals surface area contributed by atoms with Gasteiger partial charge in [-0.2, -0.15) is 0 Å². The summed E-state index contributed by atoms with van der Waals surface area (Å²) in [6.07, 6.45) is 0.375. The van der Waals surface area contributed by atoms with Gasteiger partial charge in [-0.1, -0.05) is 18.2 Å². The second kappa shape index (κ2) is 8.62. The Bertz CT molecular complexity index is 1060. The van der Waals surface area contributed by atoms with Gasteiger partial charge in [0, 0.05) is 19.5 Å². The van der Waals surface area contributed by atoms with Crippen LogP contribution in [0.4, 0.5) is 4.39 Å². The summed E-state index contributed by atoms with van der Waals surface area (Å²) in [4.78, 5) is 14.2. The number of benzene rings is 2. The second-order valence-corrected chi connectivity index (χ2v) is 11.3. The third-order valence-electron chi connectivity index (χ3n) is 5.06. The number of likely N-dealkylation sites (tertiary alicyclic amines) is 1. The Kier molecular flexibility index (Phi) is 6.38. The van der Waals surface area contributed by atoms with Gasteiger partial charge in [-0.25, -0.2) is 21.2 Å². The topological polar surface area (TPSA) is 88.6 Å². The quantitative estimate of drug-likeness (QED) is 0.645. The maximum atomic E-state index is 13.0. The van der Waals surface area contributed by atoms with E-state index in [4.69, 9.17) is 0 Å². The summed E-state index contributed by atoms with van der Waals surface area (Å²) in [7, 11) is -7.14. The van der Waals surface area contributed by atoms with Crippen molar-refractivity contribution in [3.8, 4) is 0 Å². The van der Waals surface area contributed by atoms with Crippen LogP contribution in [0.3, 0.4) is 0 Å². The molecule has 156 valence electrons. The molecular weight excluding hydrogens is 417 g/mol. The Labute approximate surface area is 170 Å². The standard InChI is InChI=1S/C20H22FNO5S2/c21-16-6-8-18(9-7-16)29(26,27)19-10-13-22(14-11-19)20(23)12-15-28(24,25)17-4-2-1-3-5-17/h1-9,19H,10-15H2. The zero-order valence-corrected chi connectivity index (χ0v) is 17.3. The number of carbonyl (C=O) groups excluding carboxylic acids is 1. The number of halogens is 1. The third kappa shape index (κ3) is 5.02. The number of hydrogen-bond donors (Lipinski definition) is 0. The van der Waals surface area contributed by atoms with E-state index in [9.17, 15) is 26.0 Å². The van der Waals surface area contributed by atoms with Crippen molar-refractivity contribution < 1.29 is 26.0 Å². The van der Waals surface area contributed by atoms with E-state index in [1.165, 1.54) is 29.2 Å². The fourth-order valence-electron chi connectivity index (χ4n) is 3.36. The molecule has 0 radical (unpaired) electrons. The molecule has 1 fully saturated rings. The highest BCUT2D eigenvalue weighted by molar-refractivity contribution is 7.92. The van der Waals surface area contributed by atoms with Crippen LogP contribution in [0.15, 0.2) is 64.4 Å². The molecule has 0 saturated carbocycles. The fourth-order valence-corrected chi connectivity index (χ4v) is 6.34. The van der Waals surface area contributed by atoms with Gasteiger partial charge < -0.3 is 4.90 Å². The van der Waals surface area contributed by atoms with Gasteiger partial charge in [-0.15, -0.1) is 0 Å². The van der Waals surface area contributed by atoms with Crippen LogP contribution < -0.4 is 0 Å². The average molecular weight is 440 g/mol. The summed E-state index contributed by atoms with van der Waals surface area (Å²) in [5, 5.41) is -0.648. The molecule has 1 aliphatic rings. The minimum absolute atomic E-state index is 0.0673. The van der Waals surface area contributed by atoms with E-state index < -0.39 is 30.7 Å². The van der Waals surface area contributed by atoms with Gasteiger partial charge in [0.05, 0.1) is 20.8 Å². The molecule has 0 N–H and O–H groups in total. The molecule has 0 aromatic heterocycles. The lowest BCUT2D eigenvalue weighted by Crippen LogP contribution is -2.42. The van der Waals surface area contributed by atoms with Crippen LogP contribution in [0.5, 0.6) is 0 Å². The summed E-state index contributed by atoms with van der Waals surface area (Å²) >= 11 is 0. The van der Waals surface area contributed by atoms with Crippen LogP contribution >= 0.6 is 0 Å². The number of piperidine rings is 1. The molecule has 9 heteroatoms. The molecule has 3 rings (SSSR count). The van der Waals surface area contributed by atoms with Crippen molar-refractivity contribution in [2.45, 2.75) is 34.3 Å². The van der Waals surface area contributed by atoms with Gasteiger partial charge in [-0.3, -0.25) is 4.79 Å². The van der Waals surface area contributed by atoms with Crippen molar-refractivity contribution in [1.29, 1.82) is 0 Å². The van der Waals surface area contributed by atoms with E-state index in [1.54, 1.807) is 18.2 Å². The Hall–Kier alpha value is -2.26. The van der Waals surface area contributed by atoms with Gasteiger partial charge in [0.15, 0.2) is 19.7 Å². The maximum Gasteiger partial charge on any atom is 0.223 e. The van der Waals surface area contributed by atoms with Crippen LogP contribution in [0.1, 0.15) is 19.3 Å². The summed E-state index contributed by atoms with van der Waals surface area (Å²) in [6, 6.07) is 12.7. The van der Waals surface area contributed by atoms with E-state index in [0.717, 1.165) is 12.1 Å². The van der Waals surface area contributed by atoms with Crippen molar-refractivity contribution in [3.63, 3.8) is 0 Å². The van der Waals surface area contributed by atoms with E-state index in [0.29, 0.717) is 0 Å². The van der Waals surface area contributed by atoms with Crippen LogP contribution in [0.25, 0.3) is 0 Å². The van der Waals surface area contributed by atoms with Crippen molar-refractivity contribution in [1.82, 2.24) is 4.90 Å². The fraction of sp³-hybridized carbons (Fsp3) is 0.350. The molecule has 0 bridgehead atoms. The highest BCUT2D eigenvalue weighted by Crippen LogP contribution is 2.25. The van der Waals surface area contributed by atoms with Crippen molar-refractivity contribution in [2.24, 2.45) is 0 Å². The normalized spacial score (nSPS) is 16.0. The molecule has 0 aliphatic carbocycles. The second-order valence-electron chi connectivity index (χ2n) is 6.96. The molecule has 0 unspecified atom stereocenters. The Balaban J connectivity index is 1.56. The van der Waals surface area contributed by atoms with Gasteiger partial charge in [0.2, 0.25) is 5.91 Å². The molecule has 1 heterocycles. The first-order valence-electron chi connectivity index (χ1n) is 9.25. The Morgan fingerprint density at radius 3 is 2.07 bits per heavy atom. The largest absolute Gasteiger partial charge is 0.343 e. The number of rotatable bonds is 6. The molecule has 0 atom stereocenters. The van der Waals surface area contributed by atoms with E-state index in [2.05, 4.69) is 0 Å². The predicted molar refractivity (Wildman–Crippen MR) is 106 cm³/mol.